The number of nitrogens with zero attached hydrogens (tertiary/aromatic N) is 1. The van der Waals surface area contributed by atoms with Crippen molar-refractivity contribution in [3.05, 3.63) is 58.9 Å². The molecule has 4 heteroatoms. The average Bonchev–Trinajstić information content (AvgIpc) is 2.89. The van der Waals surface area contributed by atoms with Crippen LogP contribution >= 0.6 is 11.3 Å². The van der Waals surface area contributed by atoms with Crippen molar-refractivity contribution in [2.24, 2.45) is 0 Å². The number of hydrogen-bond donors (Lipinski definition) is 1. The van der Waals surface area contributed by atoms with Gasteiger partial charge in [0.15, 0.2) is 0 Å². The Balaban J connectivity index is 1.83. The Hall–Kier alpha value is -1.94. The zero-order chi connectivity index (χ0) is 14.1. The van der Waals surface area contributed by atoms with Crippen LogP contribution in [0.2, 0.25) is 0 Å². The molecule has 0 aliphatic carbocycles. The minimum absolute atomic E-state index is 0.0514. The van der Waals surface area contributed by atoms with Crippen molar-refractivity contribution in [3.63, 3.8) is 0 Å². The van der Waals surface area contributed by atoms with E-state index >= 15 is 0 Å². The first-order chi connectivity index (χ1) is 9.63. The van der Waals surface area contributed by atoms with Gasteiger partial charge in [0, 0.05) is 11.7 Å². The molecule has 0 aliphatic rings. The van der Waals surface area contributed by atoms with Gasteiger partial charge in [-0.15, -0.1) is 11.3 Å². The lowest BCUT2D eigenvalue weighted by Gasteiger charge is -2.16. The molecule has 2 nitrogen and oxygen atoms in total. The minimum atomic E-state index is -0.158. The maximum Gasteiger partial charge on any atom is 0.126 e. The van der Waals surface area contributed by atoms with Crippen molar-refractivity contribution in [2.45, 2.75) is 19.9 Å². The van der Waals surface area contributed by atoms with Crippen LogP contribution in [0.1, 0.15) is 24.1 Å². The molecule has 1 aromatic heterocycles. The van der Waals surface area contributed by atoms with Crippen LogP contribution < -0.4 is 5.32 Å². The summed E-state index contributed by atoms with van der Waals surface area (Å²) in [6.07, 6.45) is 0. The van der Waals surface area contributed by atoms with Crippen molar-refractivity contribution >= 4 is 27.2 Å². The molecule has 102 valence electrons. The Morgan fingerprint density at radius 2 is 2.05 bits per heavy atom. The maximum atomic E-state index is 13.6. The summed E-state index contributed by atoms with van der Waals surface area (Å²) in [4.78, 5) is 4.26. The predicted octanol–water partition coefficient (Wildman–Crippen LogP) is 4.92. The molecule has 0 aliphatic heterocycles. The standard InChI is InChI=1S/C16H15FN2S/c1-10-3-4-12(7-14(10)17)11(2)19-13-5-6-15-16(8-13)20-9-18-15/h3-9,11,19H,1-2H3. The number of halogens is 1. The largest absolute Gasteiger partial charge is 0.378 e. The molecule has 1 unspecified atom stereocenters. The van der Waals surface area contributed by atoms with Crippen molar-refractivity contribution in [1.82, 2.24) is 4.98 Å². The third-order valence-corrected chi connectivity index (χ3v) is 4.20. The summed E-state index contributed by atoms with van der Waals surface area (Å²) in [5.74, 6) is -0.158. The fourth-order valence-electron chi connectivity index (χ4n) is 2.16. The molecule has 0 radical (unpaired) electrons. The summed E-state index contributed by atoms with van der Waals surface area (Å²) >= 11 is 1.62. The molecule has 3 aromatic rings. The van der Waals surface area contributed by atoms with Crippen LogP contribution in [0.25, 0.3) is 10.2 Å². The maximum absolute atomic E-state index is 13.6. The van der Waals surface area contributed by atoms with E-state index in [2.05, 4.69) is 16.4 Å². The first kappa shape index (κ1) is 13.1. The lowest BCUT2D eigenvalue weighted by molar-refractivity contribution is 0.614. The summed E-state index contributed by atoms with van der Waals surface area (Å²) in [6, 6.07) is 11.5. The van der Waals surface area contributed by atoms with Crippen LogP contribution in [0.4, 0.5) is 10.1 Å². The van der Waals surface area contributed by atoms with Crippen molar-refractivity contribution in [3.8, 4) is 0 Å². The fourth-order valence-corrected chi connectivity index (χ4v) is 2.87. The number of hydrogen-bond acceptors (Lipinski definition) is 3. The Kier molecular flexibility index (Phi) is 3.40. The van der Waals surface area contributed by atoms with E-state index in [4.69, 9.17) is 0 Å². The van der Waals surface area contributed by atoms with Crippen LogP contribution in [-0.2, 0) is 0 Å². The first-order valence-corrected chi connectivity index (χ1v) is 7.37. The summed E-state index contributed by atoms with van der Waals surface area (Å²) in [5.41, 5.74) is 5.49. The number of aryl methyl sites for hydroxylation is 1. The van der Waals surface area contributed by atoms with E-state index in [0.717, 1.165) is 21.5 Å². The molecule has 1 N–H and O–H groups in total. The molecule has 0 saturated carbocycles. The van der Waals surface area contributed by atoms with Crippen molar-refractivity contribution in [1.29, 1.82) is 0 Å². The number of rotatable bonds is 3. The van der Waals surface area contributed by atoms with Crippen LogP contribution in [0, 0.1) is 12.7 Å². The topological polar surface area (TPSA) is 24.9 Å². The zero-order valence-electron chi connectivity index (χ0n) is 11.4. The normalized spacial score (nSPS) is 12.6. The Labute approximate surface area is 121 Å². The van der Waals surface area contributed by atoms with Gasteiger partial charge in [0.25, 0.3) is 0 Å². The SMILES string of the molecule is Cc1ccc(C(C)Nc2ccc3ncsc3c2)cc1F. The summed E-state index contributed by atoms with van der Waals surface area (Å²) in [5, 5.41) is 3.40. The van der Waals surface area contributed by atoms with Crippen LogP contribution in [0.5, 0.6) is 0 Å². The summed E-state index contributed by atoms with van der Waals surface area (Å²) in [6.45, 7) is 3.80. The highest BCUT2D eigenvalue weighted by Crippen LogP contribution is 2.25. The van der Waals surface area contributed by atoms with Crippen molar-refractivity contribution < 1.29 is 4.39 Å². The van der Waals surface area contributed by atoms with E-state index in [1.165, 1.54) is 0 Å². The molecule has 0 spiro atoms. The van der Waals surface area contributed by atoms with Gasteiger partial charge in [0.2, 0.25) is 0 Å². The van der Waals surface area contributed by atoms with Gasteiger partial charge in [-0.1, -0.05) is 12.1 Å². The highest BCUT2D eigenvalue weighted by atomic mass is 32.1. The Morgan fingerprint density at radius 3 is 2.85 bits per heavy atom. The number of aromatic nitrogens is 1. The summed E-state index contributed by atoms with van der Waals surface area (Å²) in [7, 11) is 0. The molecule has 1 atom stereocenters. The van der Waals surface area contributed by atoms with Crippen LogP contribution in [-0.4, -0.2) is 4.98 Å². The molecule has 0 amide bonds. The highest BCUT2D eigenvalue weighted by Gasteiger charge is 2.08. The van der Waals surface area contributed by atoms with Crippen LogP contribution in [0.3, 0.4) is 0 Å². The Morgan fingerprint density at radius 1 is 1.20 bits per heavy atom. The molecule has 3 rings (SSSR count). The van der Waals surface area contributed by atoms with E-state index < -0.39 is 0 Å². The second-order valence-electron chi connectivity index (χ2n) is 4.91. The van der Waals surface area contributed by atoms with Gasteiger partial charge in [-0.05, 0) is 49.2 Å². The predicted molar refractivity (Wildman–Crippen MR) is 82.8 cm³/mol. The zero-order valence-corrected chi connectivity index (χ0v) is 12.2. The smallest absolute Gasteiger partial charge is 0.126 e. The quantitative estimate of drug-likeness (QED) is 0.739. The van der Waals surface area contributed by atoms with Gasteiger partial charge in [0.1, 0.15) is 5.82 Å². The third-order valence-electron chi connectivity index (χ3n) is 3.41. The van der Waals surface area contributed by atoms with Gasteiger partial charge in [-0.3, -0.25) is 0 Å². The molecule has 20 heavy (non-hydrogen) atoms. The molecular weight excluding hydrogens is 271 g/mol. The highest BCUT2D eigenvalue weighted by molar-refractivity contribution is 7.16. The van der Waals surface area contributed by atoms with Gasteiger partial charge < -0.3 is 5.32 Å². The van der Waals surface area contributed by atoms with E-state index in [1.54, 1.807) is 24.3 Å². The van der Waals surface area contributed by atoms with Gasteiger partial charge >= 0.3 is 0 Å². The fraction of sp³-hybridized carbons (Fsp3) is 0.188. The van der Waals surface area contributed by atoms with E-state index in [0.29, 0.717) is 5.56 Å². The van der Waals surface area contributed by atoms with Crippen molar-refractivity contribution in [2.75, 3.05) is 5.32 Å². The molecule has 1 heterocycles. The lowest BCUT2D eigenvalue weighted by Crippen LogP contribution is -2.07. The number of benzene rings is 2. The van der Waals surface area contributed by atoms with Gasteiger partial charge in [0.05, 0.1) is 15.7 Å². The number of fused-ring (bicyclic) bond motifs is 1. The van der Waals surface area contributed by atoms with E-state index in [1.807, 2.05) is 36.7 Å². The van der Waals surface area contributed by atoms with E-state index in [9.17, 15) is 4.39 Å². The summed E-state index contributed by atoms with van der Waals surface area (Å²) < 4.78 is 14.8. The molecule has 0 fully saturated rings. The third kappa shape index (κ3) is 2.51. The van der Waals surface area contributed by atoms with E-state index in [-0.39, 0.29) is 11.9 Å². The second-order valence-corrected chi connectivity index (χ2v) is 5.80. The monoisotopic (exact) mass is 286 g/mol. The Bertz CT molecular complexity index is 751. The number of thiazole rings is 1. The van der Waals surface area contributed by atoms with Crippen LogP contribution in [0.15, 0.2) is 41.9 Å². The van der Waals surface area contributed by atoms with Gasteiger partial charge in [-0.2, -0.15) is 0 Å². The molecule has 0 saturated heterocycles. The second kappa shape index (κ2) is 5.21. The number of nitrogens with one attached hydrogen (secondary N) is 1. The number of anilines is 1. The molecular formula is C16H15FN2S. The molecule has 0 bridgehead atoms. The molecule has 2 aromatic carbocycles. The van der Waals surface area contributed by atoms with Gasteiger partial charge in [-0.25, -0.2) is 9.37 Å². The minimum Gasteiger partial charge on any atom is -0.378 e. The lowest BCUT2D eigenvalue weighted by atomic mass is 10.1. The average molecular weight is 286 g/mol. The first-order valence-electron chi connectivity index (χ1n) is 6.49.